The standard InChI is InChI=1S/C14H13ClN4S/c1-7-3-4-11(10(15)5-7)17-12-9-6-8(2)20-13(9)19-14(16)18-12/h3-6H,1-2H3,(H3,16,17,18,19). The molecule has 3 N–H and O–H groups in total. The van der Waals surface area contributed by atoms with Gasteiger partial charge in [-0.1, -0.05) is 17.7 Å². The molecule has 0 amide bonds. The lowest BCUT2D eigenvalue weighted by molar-refractivity contribution is 1.24. The molecule has 20 heavy (non-hydrogen) atoms. The molecule has 2 heterocycles. The van der Waals surface area contributed by atoms with E-state index in [1.165, 1.54) is 0 Å². The number of nitrogens with one attached hydrogen (secondary N) is 1. The molecule has 0 aliphatic carbocycles. The number of benzene rings is 1. The van der Waals surface area contributed by atoms with Crippen molar-refractivity contribution in [2.75, 3.05) is 11.1 Å². The number of aryl methyl sites for hydroxylation is 2. The van der Waals surface area contributed by atoms with E-state index >= 15 is 0 Å². The van der Waals surface area contributed by atoms with Gasteiger partial charge in [0.25, 0.3) is 0 Å². The summed E-state index contributed by atoms with van der Waals surface area (Å²) in [5.74, 6) is 0.938. The number of anilines is 3. The molecule has 0 unspecified atom stereocenters. The minimum Gasteiger partial charge on any atom is -0.368 e. The topological polar surface area (TPSA) is 63.8 Å². The highest BCUT2D eigenvalue weighted by molar-refractivity contribution is 7.18. The number of aromatic nitrogens is 2. The summed E-state index contributed by atoms with van der Waals surface area (Å²) in [5.41, 5.74) is 7.68. The molecule has 4 nitrogen and oxygen atoms in total. The lowest BCUT2D eigenvalue weighted by Crippen LogP contribution is -2.00. The van der Waals surface area contributed by atoms with E-state index in [-0.39, 0.29) is 5.95 Å². The Labute approximate surface area is 125 Å². The Kier molecular flexibility index (Phi) is 3.23. The maximum absolute atomic E-state index is 6.24. The Balaban J connectivity index is 2.10. The Morgan fingerprint density at radius 3 is 2.75 bits per heavy atom. The predicted molar refractivity (Wildman–Crippen MR) is 86.0 cm³/mol. The van der Waals surface area contributed by atoms with Crippen LogP contribution in [0.1, 0.15) is 10.4 Å². The van der Waals surface area contributed by atoms with Crippen LogP contribution in [0.3, 0.4) is 0 Å². The molecule has 0 bridgehead atoms. The first-order chi connectivity index (χ1) is 9.52. The molecule has 1 aromatic carbocycles. The third-order valence-electron chi connectivity index (χ3n) is 2.91. The monoisotopic (exact) mass is 304 g/mol. The van der Waals surface area contributed by atoms with Gasteiger partial charge in [-0.15, -0.1) is 11.3 Å². The van der Waals surface area contributed by atoms with Gasteiger partial charge in [0.2, 0.25) is 5.95 Å². The summed E-state index contributed by atoms with van der Waals surface area (Å²) in [6.45, 7) is 4.03. The number of halogens is 1. The average molecular weight is 305 g/mol. The van der Waals surface area contributed by atoms with E-state index in [1.54, 1.807) is 11.3 Å². The maximum atomic E-state index is 6.24. The smallest absolute Gasteiger partial charge is 0.223 e. The number of thiophene rings is 1. The van der Waals surface area contributed by atoms with Crippen LogP contribution in [0.2, 0.25) is 5.02 Å². The van der Waals surface area contributed by atoms with Crippen molar-refractivity contribution >= 4 is 50.6 Å². The van der Waals surface area contributed by atoms with E-state index in [1.807, 2.05) is 38.1 Å². The van der Waals surface area contributed by atoms with Crippen LogP contribution < -0.4 is 11.1 Å². The van der Waals surface area contributed by atoms with Crippen molar-refractivity contribution in [3.05, 3.63) is 39.7 Å². The first-order valence-corrected chi connectivity index (χ1v) is 7.29. The maximum Gasteiger partial charge on any atom is 0.223 e. The summed E-state index contributed by atoms with van der Waals surface area (Å²) in [4.78, 5) is 10.6. The fourth-order valence-electron chi connectivity index (χ4n) is 2.00. The molecular weight excluding hydrogens is 292 g/mol. The normalized spacial score (nSPS) is 10.9. The number of nitrogens with two attached hydrogens (primary N) is 1. The largest absolute Gasteiger partial charge is 0.368 e. The number of hydrogen-bond acceptors (Lipinski definition) is 5. The summed E-state index contributed by atoms with van der Waals surface area (Å²) in [7, 11) is 0. The lowest BCUT2D eigenvalue weighted by atomic mass is 10.2. The molecule has 0 atom stereocenters. The van der Waals surface area contributed by atoms with Crippen molar-refractivity contribution in [2.45, 2.75) is 13.8 Å². The summed E-state index contributed by atoms with van der Waals surface area (Å²) in [6.07, 6.45) is 0. The molecule has 0 aliphatic heterocycles. The van der Waals surface area contributed by atoms with Crippen LogP contribution in [0.4, 0.5) is 17.5 Å². The van der Waals surface area contributed by atoms with Crippen LogP contribution in [0.25, 0.3) is 10.2 Å². The van der Waals surface area contributed by atoms with Crippen LogP contribution in [-0.4, -0.2) is 9.97 Å². The molecule has 0 radical (unpaired) electrons. The first kappa shape index (κ1) is 13.1. The van der Waals surface area contributed by atoms with Gasteiger partial charge in [0.05, 0.1) is 16.1 Å². The summed E-state index contributed by atoms with van der Waals surface area (Å²) in [5, 5.41) is 4.85. The zero-order valence-electron chi connectivity index (χ0n) is 11.1. The number of rotatable bonds is 2. The second-order valence-corrected chi connectivity index (χ2v) is 6.26. The van der Waals surface area contributed by atoms with Gasteiger partial charge in [-0.2, -0.15) is 4.98 Å². The molecule has 0 saturated carbocycles. The summed E-state index contributed by atoms with van der Waals surface area (Å²) < 4.78 is 0. The van der Waals surface area contributed by atoms with Gasteiger partial charge in [0.1, 0.15) is 10.6 Å². The SMILES string of the molecule is Cc1ccc(Nc2nc(N)nc3sc(C)cc23)c(Cl)c1. The van der Waals surface area contributed by atoms with Gasteiger partial charge in [0, 0.05) is 4.88 Å². The molecule has 0 fully saturated rings. The van der Waals surface area contributed by atoms with E-state index < -0.39 is 0 Å². The van der Waals surface area contributed by atoms with Crippen LogP contribution >= 0.6 is 22.9 Å². The van der Waals surface area contributed by atoms with E-state index in [0.717, 1.165) is 26.3 Å². The van der Waals surface area contributed by atoms with Crippen molar-refractivity contribution in [2.24, 2.45) is 0 Å². The van der Waals surface area contributed by atoms with Crippen LogP contribution in [0, 0.1) is 13.8 Å². The van der Waals surface area contributed by atoms with Gasteiger partial charge >= 0.3 is 0 Å². The highest BCUT2D eigenvalue weighted by Gasteiger charge is 2.11. The number of nitrogen functional groups attached to an aromatic ring is 1. The second kappa shape index (κ2) is 4.92. The highest BCUT2D eigenvalue weighted by Crippen LogP contribution is 2.32. The minimum atomic E-state index is 0.255. The second-order valence-electron chi connectivity index (χ2n) is 4.61. The molecule has 3 rings (SSSR count). The van der Waals surface area contributed by atoms with Gasteiger partial charge in [-0.3, -0.25) is 0 Å². The van der Waals surface area contributed by atoms with Gasteiger partial charge < -0.3 is 11.1 Å². The molecule has 0 spiro atoms. The van der Waals surface area contributed by atoms with Crippen molar-refractivity contribution in [1.29, 1.82) is 0 Å². The number of hydrogen-bond donors (Lipinski definition) is 2. The first-order valence-electron chi connectivity index (χ1n) is 6.10. The number of nitrogens with zero attached hydrogens (tertiary/aromatic N) is 2. The molecule has 3 aromatic rings. The third-order valence-corrected chi connectivity index (χ3v) is 4.17. The van der Waals surface area contributed by atoms with Crippen molar-refractivity contribution < 1.29 is 0 Å². The quantitative estimate of drug-likeness (QED) is 0.741. The fraction of sp³-hybridized carbons (Fsp3) is 0.143. The summed E-state index contributed by atoms with van der Waals surface area (Å²) >= 11 is 7.83. The molecule has 102 valence electrons. The van der Waals surface area contributed by atoms with Crippen molar-refractivity contribution in [3.8, 4) is 0 Å². The van der Waals surface area contributed by atoms with E-state index in [2.05, 4.69) is 15.3 Å². The van der Waals surface area contributed by atoms with Gasteiger partial charge in [0.15, 0.2) is 0 Å². The van der Waals surface area contributed by atoms with Crippen LogP contribution in [-0.2, 0) is 0 Å². The molecule has 0 aliphatic rings. The highest BCUT2D eigenvalue weighted by atomic mass is 35.5. The lowest BCUT2D eigenvalue weighted by Gasteiger charge is -2.09. The Morgan fingerprint density at radius 2 is 2.00 bits per heavy atom. The Bertz CT molecular complexity index is 797. The van der Waals surface area contributed by atoms with Gasteiger partial charge in [-0.25, -0.2) is 4.98 Å². The van der Waals surface area contributed by atoms with Crippen LogP contribution in [0.15, 0.2) is 24.3 Å². The fourth-order valence-corrected chi connectivity index (χ4v) is 3.17. The van der Waals surface area contributed by atoms with Crippen molar-refractivity contribution in [3.63, 3.8) is 0 Å². The number of fused-ring (bicyclic) bond motifs is 1. The minimum absolute atomic E-state index is 0.255. The zero-order chi connectivity index (χ0) is 14.3. The predicted octanol–water partition coefficient (Wildman–Crippen LogP) is 4.29. The third kappa shape index (κ3) is 2.42. The Morgan fingerprint density at radius 1 is 1.20 bits per heavy atom. The molecular formula is C14H13ClN4S. The Hall–Kier alpha value is -1.85. The molecule has 6 heteroatoms. The zero-order valence-corrected chi connectivity index (χ0v) is 12.6. The van der Waals surface area contributed by atoms with Gasteiger partial charge in [-0.05, 0) is 37.6 Å². The van der Waals surface area contributed by atoms with Crippen molar-refractivity contribution in [1.82, 2.24) is 9.97 Å². The summed E-state index contributed by atoms with van der Waals surface area (Å²) in [6, 6.07) is 7.88. The van der Waals surface area contributed by atoms with E-state index in [0.29, 0.717) is 10.8 Å². The molecule has 2 aromatic heterocycles. The van der Waals surface area contributed by atoms with E-state index in [9.17, 15) is 0 Å². The van der Waals surface area contributed by atoms with E-state index in [4.69, 9.17) is 17.3 Å². The average Bonchev–Trinajstić information content (AvgIpc) is 2.73. The molecule has 0 saturated heterocycles. The van der Waals surface area contributed by atoms with Crippen LogP contribution in [0.5, 0.6) is 0 Å².